The Labute approximate surface area is 131 Å². The molecule has 2 rings (SSSR count). The molecule has 7 heteroatoms. The molecular weight excluding hydrogens is 292 g/mol. The van der Waals surface area contributed by atoms with E-state index in [1.54, 1.807) is 0 Å². The molecule has 2 aliphatic rings. The molecule has 1 N–H and O–H groups in total. The molecule has 22 heavy (non-hydrogen) atoms. The molecule has 0 amide bonds. The zero-order valence-corrected chi connectivity index (χ0v) is 13.9. The van der Waals surface area contributed by atoms with Crippen molar-refractivity contribution in [1.29, 1.82) is 0 Å². The van der Waals surface area contributed by atoms with Crippen molar-refractivity contribution in [2.24, 2.45) is 0 Å². The normalized spacial score (nSPS) is 27.7. The summed E-state index contributed by atoms with van der Waals surface area (Å²) in [7, 11) is 0. The van der Waals surface area contributed by atoms with Gasteiger partial charge in [0.2, 0.25) is 0 Å². The summed E-state index contributed by atoms with van der Waals surface area (Å²) in [6.07, 6.45) is -0.775. The van der Waals surface area contributed by atoms with Gasteiger partial charge < -0.3 is 33.5 Å². The number of rotatable bonds is 6. The van der Waals surface area contributed by atoms with Gasteiger partial charge in [0, 0.05) is 0 Å². The van der Waals surface area contributed by atoms with Gasteiger partial charge in [-0.05, 0) is 27.7 Å². The minimum absolute atomic E-state index is 0.125. The Balaban J connectivity index is 1.67. The van der Waals surface area contributed by atoms with E-state index in [-0.39, 0.29) is 25.4 Å². The fourth-order valence-electron chi connectivity index (χ4n) is 2.18. The van der Waals surface area contributed by atoms with Crippen molar-refractivity contribution >= 4 is 0 Å². The second-order valence-corrected chi connectivity index (χ2v) is 6.56. The van der Waals surface area contributed by atoms with Crippen LogP contribution in [0.2, 0.25) is 0 Å². The second-order valence-electron chi connectivity index (χ2n) is 6.56. The lowest BCUT2D eigenvalue weighted by Crippen LogP contribution is -2.46. The zero-order chi connectivity index (χ0) is 16.2. The Kier molecular flexibility index (Phi) is 6.18. The van der Waals surface area contributed by atoms with E-state index in [2.05, 4.69) is 0 Å². The Morgan fingerprint density at radius 2 is 1.36 bits per heavy atom. The summed E-state index contributed by atoms with van der Waals surface area (Å²) in [5.41, 5.74) is 0. The standard InChI is InChI=1S/C15H28O7/c1-14(2)18-7-12(8-19-14)17-6-11(5-16)22-13-9-20-15(3,4)21-10-13/h11-13,16H,5-10H2,1-4H3. The van der Waals surface area contributed by atoms with Crippen LogP contribution in [0.4, 0.5) is 0 Å². The molecule has 0 radical (unpaired) electrons. The summed E-state index contributed by atoms with van der Waals surface area (Å²) in [4.78, 5) is 0. The van der Waals surface area contributed by atoms with Gasteiger partial charge in [-0.2, -0.15) is 0 Å². The highest BCUT2D eigenvalue weighted by atomic mass is 16.7. The minimum atomic E-state index is -0.575. The fourth-order valence-corrected chi connectivity index (χ4v) is 2.18. The summed E-state index contributed by atoms with van der Waals surface area (Å²) in [6, 6.07) is 0. The maximum atomic E-state index is 9.42. The van der Waals surface area contributed by atoms with Crippen LogP contribution in [-0.4, -0.2) is 74.6 Å². The van der Waals surface area contributed by atoms with Gasteiger partial charge in [-0.15, -0.1) is 0 Å². The van der Waals surface area contributed by atoms with Gasteiger partial charge in [0.25, 0.3) is 0 Å². The lowest BCUT2D eigenvalue weighted by molar-refractivity contribution is -0.294. The average molecular weight is 320 g/mol. The Morgan fingerprint density at radius 3 is 1.82 bits per heavy atom. The number of hydrogen-bond donors (Lipinski definition) is 1. The first-order valence-electron chi connectivity index (χ1n) is 7.73. The molecule has 2 saturated heterocycles. The van der Waals surface area contributed by atoms with Gasteiger partial charge in [-0.3, -0.25) is 0 Å². The van der Waals surface area contributed by atoms with Crippen molar-refractivity contribution in [3.63, 3.8) is 0 Å². The third kappa shape index (κ3) is 5.73. The van der Waals surface area contributed by atoms with Crippen LogP contribution in [0.25, 0.3) is 0 Å². The molecule has 2 fully saturated rings. The molecule has 1 atom stereocenters. The molecule has 0 aromatic heterocycles. The fraction of sp³-hybridized carbons (Fsp3) is 1.00. The molecular formula is C15H28O7. The first-order chi connectivity index (χ1) is 10.3. The van der Waals surface area contributed by atoms with Crippen LogP contribution in [0, 0.1) is 0 Å². The van der Waals surface area contributed by atoms with Crippen molar-refractivity contribution in [2.75, 3.05) is 39.6 Å². The minimum Gasteiger partial charge on any atom is -0.394 e. The molecule has 0 saturated carbocycles. The van der Waals surface area contributed by atoms with Gasteiger partial charge in [0.1, 0.15) is 18.3 Å². The van der Waals surface area contributed by atoms with Crippen molar-refractivity contribution < 1.29 is 33.5 Å². The average Bonchev–Trinajstić information content (AvgIpc) is 2.46. The summed E-state index contributed by atoms with van der Waals surface area (Å²) in [6.45, 7) is 9.42. The van der Waals surface area contributed by atoms with Crippen LogP contribution in [0.3, 0.4) is 0 Å². The Hall–Kier alpha value is -0.280. The molecule has 7 nitrogen and oxygen atoms in total. The largest absolute Gasteiger partial charge is 0.394 e. The maximum Gasteiger partial charge on any atom is 0.163 e. The third-order valence-electron chi connectivity index (χ3n) is 3.57. The quantitative estimate of drug-likeness (QED) is 0.771. The van der Waals surface area contributed by atoms with Gasteiger partial charge in [0.15, 0.2) is 11.6 Å². The number of aliphatic hydroxyl groups is 1. The number of ether oxygens (including phenoxy) is 6. The van der Waals surface area contributed by atoms with Crippen molar-refractivity contribution in [1.82, 2.24) is 0 Å². The molecule has 2 heterocycles. The highest BCUT2D eigenvalue weighted by Gasteiger charge is 2.32. The first kappa shape index (κ1) is 18.1. The van der Waals surface area contributed by atoms with Crippen LogP contribution < -0.4 is 0 Å². The first-order valence-corrected chi connectivity index (χ1v) is 7.73. The van der Waals surface area contributed by atoms with E-state index in [0.717, 1.165) is 0 Å². The summed E-state index contributed by atoms with van der Waals surface area (Å²) in [5.74, 6) is -1.13. The lowest BCUT2D eigenvalue weighted by Gasteiger charge is -2.37. The SMILES string of the molecule is CC1(C)OCC(OCC(CO)OC2COC(C)(C)OC2)CO1. The smallest absolute Gasteiger partial charge is 0.163 e. The van der Waals surface area contributed by atoms with Crippen molar-refractivity contribution in [3.05, 3.63) is 0 Å². The van der Waals surface area contributed by atoms with Crippen molar-refractivity contribution in [3.8, 4) is 0 Å². The molecule has 1 unspecified atom stereocenters. The highest BCUT2D eigenvalue weighted by molar-refractivity contribution is 4.71. The van der Waals surface area contributed by atoms with Crippen LogP contribution in [0.1, 0.15) is 27.7 Å². The zero-order valence-electron chi connectivity index (χ0n) is 13.9. The summed E-state index contributed by atoms with van der Waals surface area (Å²) >= 11 is 0. The van der Waals surface area contributed by atoms with Gasteiger partial charge in [-0.1, -0.05) is 0 Å². The predicted octanol–water partition coefficient (Wildman–Crippen LogP) is 0.683. The Morgan fingerprint density at radius 1 is 0.909 bits per heavy atom. The molecule has 0 spiro atoms. The maximum absolute atomic E-state index is 9.42. The Bertz CT molecular complexity index is 325. The topological polar surface area (TPSA) is 75.6 Å². The van der Waals surface area contributed by atoms with Crippen LogP contribution in [0.15, 0.2) is 0 Å². The van der Waals surface area contributed by atoms with Crippen molar-refractivity contribution in [2.45, 2.75) is 57.6 Å². The van der Waals surface area contributed by atoms with Crippen LogP contribution in [0.5, 0.6) is 0 Å². The predicted molar refractivity (Wildman–Crippen MR) is 77.5 cm³/mol. The molecule has 2 aliphatic heterocycles. The highest BCUT2D eigenvalue weighted by Crippen LogP contribution is 2.21. The molecule has 0 aliphatic carbocycles. The monoisotopic (exact) mass is 320 g/mol. The molecule has 0 aromatic carbocycles. The van der Waals surface area contributed by atoms with Crippen LogP contribution in [-0.2, 0) is 28.4 Å². The van der Waals surface area contributed by atoms with E-state index in [9.17, 15) is 5.11 Å². The van der Waals surface area contributed by atoms with E-state index in [4.69, 9.17) is 28.4 Å². The van der Waals surface area contributed by atoms with E-state index in [1.165, 1.54) is 0 Å². The number of aliphatic hydroxyl groups excluding tert-OH is 1. The van der Waals surface area contributed by atoms with Gasteiger partial charge in [-0.25, -0.2) is 0 Å². The lowest BCUT2D eigenvalue weighted by atomic mass is 10.2. The van der Waals surface area contributed by atoms with E-state index in [1.807, 2.05) is 27.7 Å². The number of hydrogen-bond acceptors (Lipinski definition) is 7. The molecule has 0 bridgehead atoms. The van der Waals surface area contributed by atoms with Gasteiger partial charge >= 0.3 is 0 Å². The van der Waals surface area contributed by atoms with E-state index >= 15 is 0 Å². The van der Waals surface area contributed by atoms with Crippen LogP contribution >= 0.6 is 0 Å². The van der Waals surface area contributed by atoms with E-state index < -0.39 is 17.7 Å². The molecule has 130 valence electrons. The summed E-state index contributed by atoms with van der Waals surface area (Å²) < 4.78 is 33.6. The third-order valence-corrected chi connectivity index (χ3v) is 3.57. The van der Waals surface area contributed by atoms with Gasteiger partial charge in [0.05, 0.1) is 39.6 Å². The van der Waals surface area contributed by atoms with E-state index in [0.29, 0.717) is 26.4 Å². The molecule has 0 aromatic rings. The second kappa shape index (κ2) is 7.53. The summed E-state index contributed by atoms with van der Waals surface area (Å²) in [5, 5.41) is 9.42.